The van der Waals surface area contributed by atoms with Gasteiger partial charge < -0.3 is 5.11 Å². The van der Waals surface area contributed by atoms with Gasteiger partial charge in [0.2, 0.25) is 0 Å². The van der Waals surface area contributed by atoms with Gasteiger partial charge in [-0.15, -0.1) is 11.3 Å². The second-order valence-electron chi connectivity index (χ2n) is 5.96. The van der Waals surface area contributed by atoms with Crippen LogP contribution in [0, 0.1) is 0 Å². The molecule has 2 aromatic carbocycles. The number of hydrogen-bond donors (Lipinski definition) is 1. The minimum absolute atomic E-state index is 0.0213. The van der Waals surface area contributed by atoms with Crippen molar-refractivity contribution in [1.82, 2.24) is 9.55 Å². The predicted octanol–water partition coefficient (Wildman–Crippen LogP) is 4.52. The largest absolute Gasteiger partial charge is 0.478 e. The predicted molar refractivity (Wildman–Crippen MR) is 107 cm³/mol. The van der Waals surface area contributed by atoms with Crippen molar-refractivity contribution in [2.45, 2.75) is 6.54 Å². The number of fused-ring (bicyclic) bond motifs is 1. The summed E-state index contributed by atoms with van der Waals surface area (Å²) in [7, 11) is 0. The highest BCUT2D eigenvalue weighted by Gasteiger charge is 2.20. The number of aromatic nitrogens is 2. The first-order valence-electron chi connectivity index (χ1n) is 8.10. The zero-order valence-corrected chi connectivity index (χ0v) is 15.5. The number of halogens is 1. The summed E-state index contributed by atoms with van der Waals surface area (Å²) in [6, 6.07) is 16.6. The summed E-state index contributed by atoms with van der Waals surface area (Å²) in [6.45, 7) is 0.238. The Morgan fingerprint density at radius 2 is 1.93 bits per heavy atom. The van der Waals surface area contributed by atoms with Crippen molar-refractivity contribution in [3.05, 3.63) is 86.5 Å². The molecule has 0 aliphatic carbocycles. The Kier molecular flexibility index (Phi) is 4.51. The SMILES string of the molecule is O=C(O)c1csc2nc(-c3ccccc3)n(Cc3cccc(Cl)c3)c(=O)c12. The average molecular weight is 397 g/mol. The number of thiophene rings is 1. The van der Waals surface area contributed by atoms with Crippen LogP contribution in [0.4, 0.5) is 0 Å². The van der Waals surface area contributed by atoms with Crippen LogP contribution in [-0.2, 0) is 6.54 Å². The maximum Gasteiger partial charge on any atom is 0.337 e. The molecule has 0 aliphatic heterocycles. The van der Waals surface area contributed by atoms with E-state index in [1.807, 2.05) is 42.5 Å². The Morgan fingerprint density at radius 3 is 2.63 bits per heavy atom. The molecular formula is C20H13ClN2O3S. The topological polar surface area (TPSA) is 72.2 Å². The van der Waals surface area contributed by atoms with Crippen molar-refractivity contribution in [3.63, 3.8) is 0 Å². The Bertz CT molecular complexity index is 1220. The molecule has 0 radical (unpaired) electrons. The van der Waals surface area contributed by atoms with Crippen LogP contribution < -0.4 is 5.56 Å². The summed E-state index contributed by atoms with van der Waals surface area (Å²) in [5, 5.41) is 11.6. The summed E-state index contributed by atoms with van der Waals surface area (Å²) >= 11 is 7.23. The van der Waals surface area contributed by atoms with Gasteiger partial charge in [-0.1, -0.05) is 54.1 Å². The van der Waals surface area contributed by atoms with Gasteiger partial charge in [0.05, 0.1) is 17.5 Å². The van der Waals surface area contributed by atoms with E-state index < -0.39 is 5.97 Å². The molecule has 0 atom stereocenters. The number of benzene rings is 2. The maximum atomic E-state index is 13.2. The lowest BCUT2D eigenvalue weighted by Crippen LogP contribution is -2.24. The lowest BCUT2D eigenvalue weighted by Gasteiger charge is -2.13. The first-order valence-corrected chi connectivity index (χ1v) is 9.35. The molecule has 0 fully saturated rings. The highest BCUT2D eigenvalue weighted by molar-refractivity contribution is 7.17. The minimum Gasteiger partial charge on any atom is -0.478 e. The molecule has 0 saturated carbocycles. The Balaban J connectivity index is 2.00. The van der Waals surface area contributed by atoms with Gasteiger partial charge in [-0.3, -0.25) is 9.36 Å². The van der Waals surface area contributed by atoms with Gasteiger partial charge in [-0.05, 0) is 17.7 Å². The van der Waals surface area contributed by atoms with Crippen molar-refractivity contribution in [3.8, 4) is 11.4 Å². The smallest absolute Gasteiger partial charge is 0.337 e. The molecule has 0 amide bonds. The van der Waals surface area contributed by atoms with Crippen molar-refractivity contribution in [2.75, 3.05) is 0 Å². The number of nitrogens with zero attached hydrogens (tertiary/aromatic N) is 2. The van der Waals surface area contributed by atoms with Crippen molar-refractivity contribution < 1.29 is 9.90 Å². The van der Waals surface area contributed by atoms with E-state index >= 15 is 0 Å². The lowest BCUT2D eigenvalue weighted by atomic mass is 10.1. The van der Waals surface area contributed by atoms with Crippen LogP contribution in [-0.4, -0.2) is 20.6 Å². The molecule has 27 heavy (non-hydrogen) atoms. The van der Waals surface area contributed by atoms with E-state index in [1.54, 1.807) is 12.1 Å². The van der Waals surface area contributed by atoms with Crippen LogP contribution >= 0.6 is 22.9 Å². The van der Waals surface area contributed by atoms with Crippen molar-refractivity contribution in [1.29, 1.82) is 0 Å². The fourth-order valence-electron chi connectivity index (χ4n) is 2.95. The van der Waals surface area contributed by atoms with Gasteiger partial charge >= 0.3 is 5.97 Å². The van der Waals surface area contributed by atoms with E-state index in [0.29, 0.717) is 15.7 Å². The Labute approximate surface area is 163 Å². The van der Waals surface area contributed by atoms with Crippen LogP contribution in [0.5, 0.6) is 0 Å². The van der Waals surface area contributed by atoms with Gasteiger partial charge in [0, 0.05) is 16.0 Å². The highest BCUT2D eigenvalue weighted by atomic mass is 35.5. The molecule has 7 heteroatoms. The molecule has 2 aromatic heterocycles. The van der Waals surface area contributed by atoms with Gasteiger partial charge in [0.25, 0.3) is 5.56 Å². The number of carboxylic acids is 1. The summed E-state index contributed by atoms with van der Waals surface area (Å²) in [6.07, 6.45) is 0. The third-order valence-corrected chi connectivity index (χ3v) is 5.29. The van der Waals surface area contributed by atoms with Crippen LogP contribution in [0.2, 0.25) is 5.02 Å². The second-order valence-corrected chi connectivity index (χ2v) is 7.25. The van der Waals surface area contributed by atoms with Crippen molar-refractivity contribution >= 4 is 39.1 Å². The normalized spacial score (nSPS) is 11.0. The molecule has 5 nitrogen and oxygen atoms in total. The molecular weight excluding hydrogens is 384 g/mol. The van der Waals surface area contributed by atoms with E-state index in [-0.39, 0.29) is 23.1 Å². The van der Waals surface area contributed by atoms with Gasteiger partial charge in [-0.2, -0.15) is 0 Å². The molecule has 134 valence electrons. The lowest BCUT2D eigenvalue weighted by molar-refractivity contribution is 0.0699. The molecule has 4 aromatic rings. The van der Waals surface area contributed by atoms with Crippen LogP contribution in [0.25, 0.3) is 21.6 Å². The molecule has 0 spiro atoms. The van der Waals surface area contributed by atoms with E-state index in [4.69, 9.17) is 11.6 Å². The van der Waals surface area contributed by atoms with Gasteiger partial charge in [0.1, 0.15) is 10.7 Å². The van der Waals surface area contributed by atoms with E-state index in [9.17, 15) is 14.7 Å². The number of aromatic carboxylic acids is 1. The summed E-state index contributed by atoms with van der Waals surface area (Å²) in [5.74, 6) is -0.645. The minimum atomic E-state index is -1.14. The summed E-state index contributed by atoms with van der Waals surface area (Å²) in [4.78, 5) is 29.8. The van der Waals surface area contributed by atoms with Crippen molar-refractivity contribution in [2.24, 2.45) is 0 Å². The molecule has 0 bridgehead atoms. The van der Waals surface area contributed by atoms with Gasteiger partial charge in [0.15, 0.2) is 0 Å². The number of carbonyl (C=O) groups is 1. The standard InChI is InChI=1S/C20H13ClN2O3S/c21-14-8-4-5-12(9-14)10-23-17(13-6-2-1-3-7-13)22-18-16(19(23)24)15(11-27-18)20(25)26/h1-9,11H,10H2,(H,25,26). The van der Waals surface area contributed by atoms with E-state index in [2.05, 4.69) is 4.98 Å². The molecule has 4 rings (SSSR count). The number of hydrogen-bond acceptors (Lipinski definition) is 4. The van der Waals surface area contributed by atoms with Crippen LogP contribution in [0.3, 0.4) is 0 Å². The third kappa shape index (κ3) is 3.25. The monoisotopic (exact) mass is 396 g/mol. The van der Waals surface area contributed by atoms with Gasteiger partial charge in [-0.25, -0.2) is 9.78 Å². The number of carboxylic acid groups (broad SMARTS) is 1. The fourth-order valence-corrected chi connectivity index (χ4v) is 4.07. The number of rotatable bonds is 4. The highest BCUT2D eigenvalue weighted by Crippen LogP contribution is 2.26. The second kappa shape index (κ2) is 6.98. The zero-order chi connectivity index (χ0) is 19.0. The molecule has 0 saturated heterocycles. The van der Waals surface area contributed by atoms with E-state index in [0.717, 1.165) is 22.5 Å². The van der Waals surface area contributed by atoms with Crippen LogP contribution in [0.15, 0.2) is 64.8 Å². The first kappa shape index (κ1) is 17.5. The molecule has 0 aliphatic rings. The Morgan fingerprint density at radius 1 is 1.15 bits per heavy atom. The molecule has 1 N–H and O–H groups in total. The zero-order valence-electron chi connectivity index (χ0n) is 13.9. The third-order valence-electron chi connectivity index (χ3n) is 4.19. The molecule has 2 heterocycles. The quantitative estimate of drug-likeness (QED) is 0.550. The first-order chi connectivity index (χ1) is 13.0. The van der Waals surface area contributed by atoms with Crippen LogP contribution in [0.1, 0.15) is 15.9 Å². The average Bonchev–Trinajstić information content (AvgIpc) is 3.09. The summed E-state index contributed by atoms with van der Waals surface area (Å²) in [5.41, 5.74) is 1.21. The van der Waals surface area contributed by atoms with E-state index in [1.165, 1.54) is 9.95 Å². The summed E-state index contributed by atoms with van der Waals surface area (Å²) < 4.78 is 1.50. The molecule has 0 unspecified atom stereocenters. The fraction of sp³-hybridized carbons (Fsp3) is 0.0500. The Hall–Kier alpha value is -2.96. The maximum absolute atomic E-state index is 13.2.